The normalized spacial score (nSPS) is 11.1. The van der Waals surface area contributed by atoms with E-state index >= 15 is 0 Å². The molecule has 0 aliphatic heterocycles. The predicted octanol–water partition coefficient (Wildman–Crippen LogP) is 4.26. The van der Waals surface area contributed by atoms with Gasteiger partial charge in [-0.25, -0.2) is 4.99 Å². The second-order valence-electron chi connectivity index (χ2n) is 5.52. The molecule has 0 spiro atoms. The van der Waals surface area contributed by atoms with Crippen LogP contribution in [-0.2, 0) is 19.4 Å². The molecule has 0 aliphatic carbocycles. The van der Waals surface area contributed by atoms with Gasteiger partial charge in [0, 0.05) is 35.7 Å². The number of hydrogen-bond donors (Lipinski definition) is 2. The maximum atomic E-state index is 5.41. The predicted molar refractivity (Wildman–Crippen MR) is 121 cm³/mol. The minimum atomic E-state index is 0. The second kappa shape index (κ2) is 13.0. The zero-order chi connectivity index (χ0) is 17.9. The highest BCUT2D eigenvalue weighted by Gasteiger charge is 2.12. The number of hydrogen-bond acceptors (Lipinski definition) is 4. The fourth-order valence-corrected chi connectivity index (χ4v) is 3.26. The monoisotopic (exact) mass is 488 g/mol. The summed E-state index contributed by atoms with van der Waals surface area (Å²) in [6.45, 7) is 8.53. The van der Waals surface area contributed by atoms with E-state index in [0.29, 0.717) is 6.54 Å². The molecule has 5 nitrogen and oxygen atoms in total. The smallest absolute Gasteiger partial charge is 0.191 e. The Kier molecular flexibility index (Phi) is 11.4. The second-order valence-corrected chi connectivity index (χ2v) is 6.69. The Bertz CT molecular complexity index is 639. The maximum Gasteiger partial charge on any atom is 0.191 e. The average Bonchev–Trinajstić information content (AvgIpc) is 3.06. The number of benzene rings is 1. The number of guanidine groups is 1. The topological polar surface area (TPSA) is 62.5 Å². The van der Waals surface area contributed by atoms with Crippen molar-refractivity contribution >= 4 is 41.7 Å². The van der Waals surface area contributed by atoms with Crippen LogP contribution in [0.25, 0.3) is 0 Å². The number of aromatic nitrogens is 1. The lowest BCUT2D eigenvalue weighted by Crippen LogP contribution is -2.38. The van der Waals surface area contributed by atoms with E-state index in [4.69, 9.17) is 9.52 Å². The Morgan fingerprint density at radius 1 is 1.12 bits per heavy atom. The van der Waals surface area contributed by atoms with Crippen LogP contribution in [0, 0.1) is 0 Å². The van der Waals surface area contributed by atoms with Crippen LogP contribution in [0.2, 0.25) is 0 Å². The molecule has 2 N–H and O–H groups in total. The molecule has 2 rings (SSSR count). The maximum absolute atomic E-state index is 5.41. The molecular weight excluding hydrogens is 459 g/mol. The van der Waals surface area contributed by atoms with Crippen molar-refractivity contribution in [2.75, 3.05) is 18.8 Å². The highest BCUT2D eigenvalue weighted by atomic mass is 127. The van der Waals surface area contributed by atoms with E-state index in [1.807, 2.05) is 17.8 Å². The minimum Gasteiger partial charge on any atom is -0.361 e. The van der Waals surface area contributed by atoms with E-state index in [1.165, 1.54) is 4.90 Å². The fourth-order valence-electron chi connectivity index (χ4n) is 2.47. The Labute approximate surface area is 177 Å². The highest BCUT2D eigenvalue weighted by Crippen LogP contribution is 2.17. The Morgan fingerprint density at radius 2 is 1.88 bits per heavy atom. The van der Waals surface area contributed by atoms with Crippen LogP contribution in [-0.4, -0.2) is 30.0 Å². The summed E-state index contributed by atoms with van der Waals surface area (Å²) in [5, 5.41) is 10.8. The van der Waals surface area contributed by atoms with Gasteiger partial charge >= 0.3 is 0 Å². The van der Waals surface area contributed by atoms with Crippen LogP contribution in [0.15, 0.2) is 44.7 Å². The van der Waals surface area contributed by atoms with Crippen molar-refractivity contribution in [3.8, 4) is 0 Å². The van der Waals surface area contributed by atoms with Crippen LogP contribution in [0.4, 0.5) is 0 Å². The zero-order valence-corrected chi connectivity index (χ0v) is 18.9. The summed E-state index contributed by atoms with van der Waals surface area (Å²) >= 11 is 1.84. The number of aryl methyl sites for hydroxylation is 2. The van der Waals surface area contributed by atoms with Gasteiger partial charge in [-0.05, 0) is 25.5 Å². The van der Waals surface area contributed by atoms with Crippen molar-refractivity contribution < 1.29 is 4.52 Å². The lowest BCUT2D eigenvalue weighted by molar-refractivity contribution is 0.380. The molecule has 0 radical (unpaired) electrons. The molecule has 0 atom stereocenters. The van der Waals surface area contributed by atoms with Crippen molar-refractivity contribution in [3.63, 3.8) is 0 Å². The van der Waals surface area contributed by atoms with Crippen LogP contribution in [0.1, 0.15) is 37.8 Å². The lowest BCUT2D eigenvalue weighted by Gasteiger charge is -2.11. The third kappa shape index (κ3) is 7.19. The third-order valence-electron chi connectivity index (χ3n) is 3.75. The molecule has 0 unspecified atom stereocenters. The first-order valence-electron chi connectivity index (χ1n) is 8.94. The van der Waals surface area contributed by atoms with Gasteiger partial charge < -0.3 is 15.2 Å². The minimum absolute atomic E-state index is 0. The average molecular weight is 488 g/mol. The van der Waals surface area contributed by atoms with E-state index < -0.39 is 0 Å². The molecule has 1 aromatic heterocycles. The fraction of sp³-hybridized carbons (Fsp3) is 0.474. The summed E-state index contributed by atoms with van der Waals surface area (Å²) in [5.41, 5.74) is 2.14. The first kappa shape index (κ1) is 22.8. The van der Waals surface area contributed by atoms with Gasteiger partial charge in [-0.2, -0.15) is 0 Å². The third-order valence-corrected chi connectivity index (χ3v) is 4.77. The quantitative estimate of drug-likeness (QED) is 0.182. The van der Waals surface area contributed by atoms with Gasteiger partial charge in [0.2, 0.25) is 0 Å². The van der Waals surface area contributed by atoms with E-state index in [-0.39, 0.29) is 24.0 Å². The number of rotatable bonds is 9. The van der Waals surface area contributed by atoms with Crippen LogP contribution < -0.4 is 10.6 Å². The molecule has 26 heavy (non-hydrogen) atoms. The largest absolute Gasteiger partial charge is 0.361 e. The molecule has 0 bridgehead atoms. The Morgan fingerprint density at radius 3 is 2.54 bits per heavy atom. The molecule has 1 aromatic carbocycles. The summed E-state index contributed by atoms with van der Waals surface area (Å²) in [4.78, 5) is 5.99. The lowest BCUT2D eigenvalue weighted by atomic mass is 10.1. The number of nitrogens with one attached hydrogen (secondary N) is 2. The van der Waals surface area contributed by atoms with Crippen molar-refractivity contribution in [2.24, 2.45) is 4.99 Å². The van der Waals surface area contributed by atoms with Crippen LogP contribution in [0.3, 0.4) is 0 Å². The van der Waals surface area contributed by atoms with Crippen molar-refractivity contribution in [1.29, 1.82) is 0 Å². The standard InChI is InChI=1S/C19H28N4OS.HI/c1-4-17-16(18(5-2)24-23-17)14-22-19(20-6-3)21-12-13-25-15-10-8-7-9-11-15;/h7-11H,4-6,12-14H2,1-3H3,(H2,20,21,22);1H. The molecule has 0 saturated heterocycles. The molecular formula is C19H29IN4OS. The van der Waals surface area contributed by atoms with E-state index in [1.54, 1.807) is 0 Å². The first-order valence-corrected chi connectivity index (χ1v) is 9.93. The van der Waals surface area contributed by atoms with Crippen molar-refractivity contribution in [1.82, 2.24) is 15.8 Å². The van der Waals surface area contributed by atoms with E-state index in [0.717, 1.165) is 54.7 Å². The van der Waals surface area contributed by atoms with Gasteiger partial charge in [-0.15, -0.1) is 35.7 Å². The molecule has 2 aromatic rings. The molecule has 144 valence electrons. The Hall–Kier alpha value is -1.22. The summed E-state index contributed by atoms with van der Waals surface area (Å²) in [6, 6.07) is 10.4. The SMILES string of the molecule is CCNC(=NCc1c(CC)noc1CC)NCCSc1ccccc1.I. The van der Waals surface area contributed by atoms with E-state index in [9.17, 15) is 0 Å². The van der Waals surface area contributed by atoms with Gasteiger partial charge in [-0.1, -0.05) is 37.2 Å². The zero-order valence-electron chi connectivity index (χ0n) is 15.7. The summed E-state index contributed by atoms with van der Waals surface area (Å²) in [5.74, 6) is 2.76. The number of nitrogens with zero attached hydrogens (tertiary/aromatic N) is 2. The first-order chi connectivity index (χ1) is 12.3. The molecule has 7 heteroatoms. The highest BCUT2D eigenvalue weighted by molar-refractivity contribution is 14.0. The molecule has 0 fully saturated rings. The van der Waals surface area contributed by atoms with Crippen LogP contribution in [0.5, 0.6) is 0 Å². The van der Waals surface area contributed by atoms with Gasteiger partial charge in [0.25, 0.3) is 0 Å². The van der Waals surface area contributed by atoms with Gasteiger partial charge in [0.15, 0.2) is 5.96 Å². The number of aliphatic imine (C=N–C) groups is 1. The summed E-state index contributed by atoms with van der Waals surface area (Å²) < 4.78 is 5.41. The van der Waals surface area contributed by atoms with Crippen LogP contribution >= 0.6 is 35.7 Å². The molecule has 0 amide bonds. The Balaban J connectivity index is 0.00000338. The molecule has 0 aliphatic rings. The molecule has 0 saturated carbocycles. The van der Waals surface area contributed by atoms with Gasteiger partial charge in [-0.3, -0.25) is 0 Å². The number of thioether (sulfide) groups is 1. The van der Waals surface area contributed by atoms with Gasteiger partial charge in [0.05, 0.1) is 12.2 Å². The molecule has 1 heterocycles. The van der Waals surface area contributed by atoms with Crippen molar-refractivity contribution in [2.45, 2.75) is 45.1 Å². The van der Waals surface area contributed by atoms with Gasteiger partial charge in [0.1, 0.15) is 5.76 Å². The van der Waals surface area contributed by atoms with E-state index in [2.05, 4.69) is 60.8 Å². The summed E-state index contributed by atoms with van der Waals surface area (Å²) in [7, 11) is 0. The number of halogens is 1. The van der Waals surface area contributed by atoms with Crippen molar-refractivity contribution in [3.05, 3.63) is 47.3 Å². The summed E-state index contributed by atoms with van der Waals surface area (Å²) in [6.07, 6.45) is 1.71.